The maximum Gasteiger partial charge on any atom is 0.202 e. The van der Waals surface area contributed by atoms with E-state index in [1.54, 1.807) is 0 Å². The molecule has 0 radical (unpaired) electrons. The SMILES string of the molecule is CCc1ccc(Cn2c(N)nc3c(C)nn(CC)c32)s1. The second-order valence-electron chi connectivity index (χ2n) is 4.85. The second-order valence-corrected chi connectivity index (χ2v) is 6.10. The molecule has 106 valence electrons. The van der Waals surface area contributed by atoms with Gasteiger partial charge in [0.15, 0.2) is 5.65 Å². The van der Waals surface area contributed by atoms with Crippen LogP contribution in [0.3, 0.4) is 0 Å². The first-order valence-corrected chi connectivity index (χ1v) is 7.72. The lowest BCUT2D eigenvalue weighted by Gasteiger charge is -2.06. The van der Waals surface area contributed by atoms with Gasteiger partial charge >= 0.3 is 0 Å². The fourth-order valence-corrected chi connectivity index (χ4v) is 3.42. The van der Waals surface area contributed by atoms with Crippen LogP contribution in [0.15, 0.2) is 12.1 Å². The summed E-state index contributed by atoms with van der Waals surface area (Å²) >= 11 is 1.83. The minimum atomic E-state index is 0.564. The third-order valence-electron chi connectivity index (χ3n) is 3.51. The van der Waals surface area contributed by atoms with E-state index in [9.17, 15) is 0 Å². The molecule has 3 rings (SSSR count). The van der Waals surface area contributed by atoms with Crippen LogP contribution in [-0.2, 0) is 19.5 Å². The van der Waals surface area contributed by atoms with Crippen molar-refractivity contribution in [3.63, 3.8) is 0 Å². The Hall–Kier alpha value is -1.82. The summed E-state index contributed by atoms with van der Waals surface area (Å²) in [5.74, 6) is 0.564. The molecule has 0 aliphatic rings. The van der Waals surface area contributed by atoms with Crippen molar-refractivity contribution in [3.05, 3.63) is 27.6 Å². The summed E-state index contributed by atoms with van der Waals surface area (Å²) in [4.78, 5) is 7.16. The molecular weight excluding hydrogens is 270 g/mol. The van der Waals surface area contributed by atoms with Crippen LogP contribution >= 0.6 is 11.3 Å². The van der Waals surface area contributed by atoms with Crippen molar-refractivity contribution in [2.75, 3.05) is 5.73 Å². The predicted octanol–water partition coefficient (Wildman–Crippen LogP) is 2.82. The zero-order valence-electron chi connectivity index (χ0n) is 12.1. The highest BCUT2D eigenvalue weighted by molar-refractivity contribution is 7.11. The molecule has 0 amide bonds. The number of rotatable bonds is 4. The van der Waals surface area contributed by atoms with Gasteiger partial charge in [0, 0.05) is 16.3 Å². The molecule has 0 fully saturated rings. The second kappa shape index (κ2) is 4.94. The van der Waals surface area contributed by atoms with Gasteiger partial charge in [-0.25, -0.2) is 9.67 Å². The average molecular weight is 289 g/mol. The van der Waals surface area contributed by atoms with Gasteiger partial charge in [0.1, 0.15) is 5.52 Å². The van der Waals surface area contributed by atoms with Crippen LogP contribution in [0, 0.1) is 6.92 Å². The van der Waals surface area contributed by atoms with E-state index in [4.69, 9.17) is 5.73 Å². The normalized spacial score (nSPS) is 11.6. The molecular formula is C14H19N5S. The fraction of sp³-hybridized carbons (Fsp3) is 0.429. The summed E-state index contributed by atoms with van der Waals surface area (Å²) in [5, 5.41) is 4.51. The molecule has 0 aliphatic carbocycles. The Kier molecular flexibility index (Phi) is 3.25. The first-order valence-electron chi connectivity index (χ1n) is 6.90. The van der Waals surface area contributed by atoms with E-state index in [1.807, 2.05) is 22.9 Å². The Morgan fingerprint density at radius 3 is 2.65 bits per heavy atom. The lowest BCUT2D eigenvalue weighted by molar-refractivity contribution is 0.649. The fourth-order valence-electron chi connectivity index (χ4n) is 2.47. The number of nitrogens with two attached hydrogens (primary N) is 1. The maximum absolute atomic E-state index is 6.09. The molecule has 5 nitrogen and oxygen atoms in total. The van der Waals surface area contributed by atoms with E-state index in [1.165, 1.54) is 9.75 Å². The third kappa shape index (κ3) is 2.00. The first-order chi connectivity index (χ1) is 9.63. The van der Waals surface area contributed by atoms with Gasteiger partial charge in [-0.05, 0) is 32.4 Å². The summed E-state index contributed by atoms with van der Waals surface area (Å²) in [7, 11) is 0. The Bertz CT molecular complexity index is 749. The largest absolute Gasteiger partial charge is 0.369 e. The number of imidazole rings is 1. The van der Waals surface area contributed by atoms with Gasteiger partial charge in [-0.1, -0.05) is 6.92 Å². The van der Waals surface area contributed by atoms with E-state index in [2.05, 4.69) is 40.6 Å². The number of aromatic nitrogens is 4. The Labute approximate surface area is 122 Å². The number of hydrogen-bond donors (Lipinski definition) is 1. The van der Waals surface area contributed by atoms with Gasteiger partial charge < -0.3 is 5.73 Å². The average Bonchev–Trinajstić information content (AvgIpc) is 3.09. The van der Waals surface area contributed by atoms with Crippen molar-refractivity contribution in [3.8, 4) is 0 Å². The van der Waals surface area contributed by atoms with Crippen molar-refractivity contribution in [1.29, 1.82) is 0 Å². The van der Waals surface area contributed by atoms with Gasteiger partial charge in [-0.3, -0.25) is 4.57 Å². The Balaban J connectivity index is 2.08. The van der Waals surface area contributed by atoms with Crippen molar-refractivity contribution in [1.82, 2.24) is 19.3 Å². The monoisotopic (exact) mass is 289 g/mol. The van der Waals surface area contributed by atoms with Crippen LogP contribution in [0.1, 0.15) is 29.3 Å². The number of aryl methyl sites for hydroxylation is 3. The van der Waals surface area contributed by atoms with E-state index < -0.39 is 0 Å². The van der Waals surface area contributed by atoms with Crippen molar-refractivity contribution in [2.24, 2.45) is 0 Å². The number of thiophene rings is 1. The molecule has 6 heteroatoms. The molecule has 0 aromatic carbocycles. The Morgan fingerprint density at radius 2 is 2.00 bits per heavy atom. The van der Waals surface area contributed by atoms with Gasteiger partial charge in [0.2, 0.25) is 5.95 Å². The minimum Gasteiger partial charge on any atom is -0.369 e. The van der Waals surface area contributed by atoms with Crippen LogP contribution in [0.2, 0.25) is 0 Å². The number of nitrogen functional groups attached to an aromatic ring is 1. The molecule has 3 aromatic rings. The molecule has 3 aromatic heterocycles. The zero-order valence-corrected chi connectivity index (χ0v) is 12.9. The van der Waals surface area contributed by atoms with E-state index >= 15 is 0 Å². The highest BCUT2D eigenvalue weighted by atomic mass is 32.1. The zero-order chi connectivity index (χ0) is 14.3. The molecule has 0 spiro atoms. The van der Waals surface area contributed by atoms with Crippen molar-refractivity contribution < 1.29 is 0 Å². The van der Waals surface area contributed by atoms with E-state index in [0.29, 0.717) is 5.95 Å². The van der Waals surface area contributed by atoms with Crippen LogP contribution in [0.25, 0.3) is 11.2 Å². The quantitative estimate of drug-likeness (QED) is 0.803. The number of fused-ring (bicyclic) bond motifs is 1. The van der Waals surface area contributed by atoms with Gasteiger partial charge in [0.25, 0.3) is 0 Å². The molecule has 0 saturated carbocycles. The third-order valence-corrected chi connectivity index (χ3v) is 4.72. The molecule has 0 unspecified atom stereocenters. The van der Waals surface area contributed by atoms with Crippen LogP contribution in [0.4, 0.5) is 5.95 Å². The molecule has 0 atom stereocenters. The summed E-state index contributed by atoms with van der Waals surface area (Å²) in [5.41, 5.74) is 8.97. The van der Waals surface area contributed by atoms with E-state index in [0.717, 1.165) is 36.4 Å². The Morgan fingerprint density at radius 1 is 1.25 bits per heavy atom. The number of hydrogen-bond acceptors (Lipinski definition) is 4. The summed E-state index contributed by atoms with van der Waals surface area (Å²) < 4.78 is 4.03. The van der Waals surface area contributed by atoms with Crippen LogP contribution < -0.4 is 5.73 Å². The van der Waals surface area contributed by atoms with Crippen LogP contribution in [-0.4, -0.2) is 19.3 Å². The van der Waals surface area contributed by atoms with Crippen molar-refractivity contribution >= 4 is 28.4 Å². The van der Waals surface area contributed by atoms with Crippen LogP contribution in [0.5, 0.6) is 0 Å². The van der Waals surface area contributed by atoms with Gasteiger partial charge in [-0.2, -0.15) is 5.10 Å². The summed E-state index contributed by atoms with van der Waals surface area (Å²) in [6, 6.07) is 4.36. The lowest BCUT2D eigenvalue weighted by Crippen LogP contribution is -2.08. The summed E-state index contributed by atoms with van der Waals surface area (Å²) in [6.07, 6.45) is 1.07. The minimum absolute atomic E-state index is 0.564. The maximum atomic E-state index is 6.09. The highest BCUT2D eigenvalue weighted by Gasteiger charge is 2.17. The molecule has 0 saturated heterocycles. The lowest BCUT2D eigenvalue weighted by atomic mass is 10.3. The number of nitrogens with zero attached hydrogens (tertiary/aromatic N) is 4. The van der Waals surface area contributed by atoms with Gasteiger partial charge in [0.05, 0.1) is 12.2 Å². The predicted molar refractivity (Wildman–Crippen MR) is 83.1 cm³/mol. The molecule has 0 bridgehead atoms. The summed E-state index contributed by atoms with van der Waals surface area (Å²) in [6.45, 7) is 7.82. The first kappa shape index (κ1) is 13.2. The molecule has 2 N–H and O–H groups in total. The highest BCUT2D eigenvalue weighted by Crippen LogP contribution is 2.25. The standard InChI is InChI=1S/C14H19N5S/c1-4-10-6-7-11(20-10)8-18-13-12(16-14(18)15)9(3)17-19(13)5-2/h6-7H,4-5,8H2,1-3H3,(H2,15,16). The van der Waals surface area contributed by atoms with Crippen molar-refractivity contribution in [2.45, 2.75) is 40.3 Å². The molecule has 20 heavy (non-hydrogen) atoms. The molecule has 3 heterocycles. The molecule has 0 aliphatic heterocycles. The smallest absolute Gasteiger partial charge is 0.202 e. The topological polar surface area (TPSA) is 61.7 Å². The van der Waals surface area contributed by atoms with E-state index in [-0.39, 0.29) is 0 Å². The van der Waals surface area contributed by atoms with Gasteiger partial charge in [-0.15, -0.1) is 11.3 Å². The number of anilines is 1.